The van der Waals surface area contributed by atoms with Gasteiger partial charge in [-0.05, 0) is 41.8 Å². The first kappa shape index (κ1) is 16.7. The van der Waals surface area contributed by atoms with E-state index in [4.69, 9.17) is 5.11 Å². The van der Waals surface area contributed by atoms with Crippen LogP contribution in [0.15, 0.2) is 41.3 Å². The third kappa shape index (κ3) is 3.24. The minimum atomic E-state index is -3.35. The molecule has 0 spiro atoms. The lowest BCUT2D eigenvalue weighted by molar-refractivity contribution is 0.0696. The summed E-state index contributed by atoms with van der Waals surface area (Å²) in [5.41, 5.74) is 0.778. The molecule has 0 atom stereocenters. The van der Waals surface area contributed by atoms with Gasteiger partial charge in [0.2, 0.25) is 0 Å². The SMILES string of the molecule is Cc1c(C(=O)O)ccc(-c2ccc(S(C)(=O)=O)cc2)c1C(=O)O. The van der Waals surface area contributed by atoms with Crippen molar-refractivity contribution in [1.29, 1.82) is 0 Å². The topological polar surface area (TPSA) is 109 Å². The van der Waals surface area contributed by atoms with Crippen molar-refractivity contribution < 1.29 is 28.2 Å². The first-order chi connectivity index (χ1) is 10.6. The van der Waals surface area contributed by atoms with Gasteiger partial charge in [0.25, 0.3) is 0 Å². The van der Waals surface area contributed by atoms with Crippen molar-refractivity contribution in [1.82, 2.24) is 0 Å². The van der Waals surface area contributed by atoms with Gasteiger partial charge in [0, 0.05) is 6.26 Å². The third-order valence-corrected chi connectivity index (χ3v) is 4.63. The van der Waals surface area contributed by atoms with Crippen molar-refractivity contribution in [3.8, 4) is 11.1 Å². The molecule has 7 heteroatoms. The molecule has 2 rings (SSSR count). The van der Waals surface area contributed by atoms with E-state index in [9.17, 15) is 23.1 Å². The summed E-state index contributed by atoms with van der Waals surface area (Å²) in [5, 5.41) is 18.5. The molecule has 0 aliphatic rings. The maximum atomic E-state index is 11.5. The molecule has 0 aliphatic carbocycles. The van der Waals surface area contributed by atoms with Crippen molar-refractivity contribution in [2.45, 2.75) is 11.8 Å². The van der Waals surface area contributed by atoms with E-state index in [1.807, 2.05) is 0 Å². The van der Waals surface area contributed by atoms with Gasteiger partial charge in [-0.15, -0.1) is 0 Å². The lowest BCUT2D eigenvalue weighted by atomic mass is 9.92. The van der Waals surface area contributed by atoms with Crippen LogP contribution in [-0.4, -0.2) is 36.8 Å². The molecule has 2 aromatic rings. The Bertz CT molecular complexity index is 895. The molecule has 0 heterocycles. The van der Waals surface area contributed by atoms with E-state index in [0.29, 0.717) is 11.1 Å². The highest BCUT2D eigenvalue weighted by molar-refractivity contribution is 7.90. The number of sulfone groups is 1. The lowest BCUT2D eigenvalue weighted by Gasteiger charge is -2.12. The molecule has 0 radical (unpaired) electrons. The molecule has 0 aliphatic heterocycles. The summed E-state index contributed by atoms with van der Waals surface area (Å²) in [6.07, 6.45) is 1.08. The highest BCUT2D eigenvalue weighted by Crippen LogP contribution is 2.29. The van der Waals surface area contributed by atoms with Gasteiger partial charge < -0.3 is 10.2 Å². The minimum absolute atomic E-state index is 0.0843. The van der Waals surface area contributed by atoms with Crippen LogP contribution >= 0.6 is 0 Å². The fourth-order valence-electron chi connectivity index (χ4n) is 2.34. The molecular weight excluding hydrogens is 320 g/mol. The molecule has 23 heavy (non-hydrogen) atoms. The fourth-order valence-corrected chi connectivity index (χ4v) is 2.97. The highest BCUT2D eigenvalue weighted by Gasteiger charge is 2.20. The molecule has 0 unspecified atom stereocenters. The van der Waals surface area contributed by atoms with Crippen LogP contribution in [0.2, 0.25) is 0 Å². The van der Waals surface area contributed by atoms with Crippen LogP contribution < -0.4 is 0 Å². The smallest absolute Gasteiger partial charge is 0.336 e. The fraction of sp³-hybridized carbons (Fsp3) is 0.125. The van der Waals surface area contributed by atoms with Crippen LogP contribution in [-0.2, 0) is 9.84 Å². The Morgan fingerprint density at radius 1 is 0.913 bits per heavy atom. The Balaban J connectivity index is 2.66. The van der Waals surface area contributed by atoms with E-state index >= 15 is 0 Å². The monoisotopic (exact) mass is 334 g/mol. The van der Waals surface area contributed by atoms with Crippen LogP contribution in [0.5, 0.6) is 0 Å². The Morgan fingerprint density at radius 3 is 1.91 bits per heavy atom. The number of hydrogen-bond acceptors (Lipinski definition) is 4. The van der Waals surface area contributed by atoms with Crippen molar-refractivity contribution >= 4 is 21.8 Å². The van der Waals surface area contributed by atoms with Crippen LogP contribution in [0.3, 0.4) is 0 Å². The number of hydrogen-bond donors (Lipinski definition) is 2. The molecule has 6 nitrogen and oxygen atoms in total. The molecule has 0 fully saturated rings. The summed E-state index contributed by atoms with van der Waals surface area (Å²) >= 11 is 0. The van der Waals surface area contributed by atoms with E-state index in [0.717, 1.165) is 6.26 Å². The van der Waals surface area contributed by atoms with Crippen LogP contribution in [0.1, 0.15) is 26.3 Å². The average molecular weight is 334 g/mol. The summed E-state index contributed by atoms with van der Waals surface area (Å²) in [6, 6.07) is 8.52. The molecule has 0 bridgehead atoms. The molecule has 120 valence electrons. The zero-order valence-corrected chi connectivity index (χ0v) is 13.2. The summed E-state index contributed by atoms with van der Waals surface area (Å²) in [7, 11) is -3.35. The van der Waals surface area contributed by atoms with Crippen LogP contribution in [0.25, 0.3) is 11.1 Å². The molecule has 0 saturated carbocycles. The maximum absolute atomic E-state index is 11.5. The zero-order chi connectivity index (χ0) is 17.4. The number of carbonyl (C=O) groups is 2. The van der Waals surface area contributed by atoms with Crippen molar-refractivity contribution in [3.05, 3.63) is 53.1 Å². The summed E-state index contributed by atoms with van der Waals surface area (Å²) < 4.78 is 22.9. The first-order valence-electron chi connectivity index (χ1n) is 6.53. The van der Waals surface area contributed by atoms with E-state index in [1.165, 1.54) is 43.3 Å². The van der Waals surface area contributed by atoms with Crippen LogP contribution in [0.4, 0.5) is 0 Å². The summed E-state index contributed by atoms with van der Waals surface area (Å²) in [4.78, 5) is 22.8. The third-order valence-electron chi connectivity index (χ3n) is 3.50. The van der Waals surface area contributed by atoms with Gasteiger partial charge in [-0.1, -0.05) is 18.2 Å². The summed E-state index contributed by atoms with van der Waals surface area (Å²) in [5.74, 6) is -2.45. The number of carboxylic acid groups (broad SMARTS) is 2. The Kier molecular flexibility index (Phi) is 4.24. The minimum Gasteiger partial charge on any atom is -0.478 e. The van der Waals surface area contributed by atoms with Crippen molar-refractivity contribution in [2.24, 2.45) is 0 Å². The van der Waals surface area contributed by atoms with Gasteiger partial charge in [-0.3, -0.25) is 0 Å². The van der Waals surface area contributed by atoms with E-state index < -0.39 is 21.8 Å². The molecule has 0 saturated heterocycles. The van der Waals surface area contributed by atoms with Gasteiger partial charge in [-0.2, -0.15) is 0 Å². The van der Waals surface area contributed by atoms with Gasteiger partial charge in [0.05, 0.1) is 16.0 Å². The van der Waals surface area contributed by atoms with Crippen molar-refractivity contribution in [3.63, 3.8) is 0 Å². The molecule has 0 aromatic heterocycles. The highest BCUT2D eigenvalue weighted by atomic mass is 32.2. The predicted octanol–water partition coefficient (Wildman–Crippen LogP) is 2.46. The number of carboxylic acids is 2. The average Bonchev–Trinajstić information content (AvgIpc) is 2.45. The first-order valence-corrected chi connectivity index (χ1v) is 8.42. The van der Waals surface area contributed by atoms with E-state index in [-0.39, 0.29) is 21.6 Å². The van der Waals surface area contributed by atoms with Gasteiger partial charge in [0.15, 0.2) is 9.84 Å². The summed E-state index contributed by atoms with van der Waals surface area (Å²) in [6.45, 7) is 1.43. The molecule has 2 aromatic carbocycles. The predicted molar refractivity (Wildman–Crippen MR) is 83.6 cm³/mol. The standard InChI is InChI=1S/C16H14O6S/c1-9-12(15(17)18)7-8-13(14(9)16(19)20)10-3-5-11(6-4-10)23(2,21)22/h3-8H,1-2H3,(H,17,18)(H,19,20). The molecular formula is C16H14O6S. The largest absolute Gasteiger partial charge is 0.478 e. The number of rotatable bonds is 4. The maximum Gasteiger partial charge on any atom is 0.336 e. The Labute approximate surface area is 132 Å². The Hall–Kier alpha value is -2.67. The Morgan fingerprint density at radius 2 is 1.48 bits per heavy atom. The van der Waals surface area contributed by atoms with Gasteiger partial charge in [0.1, 0.15) is 0 Å². The zero-order valence-electron chi connectivity index (χ0n) is 12.4. The van der Waals surface area contributed by atoms with Gasteiger partial charge in [-0.25, -0.2) is 18.0 Å². The van der Waals surface area contributed by atoms with E-state index in [1.54, 1.807) is 0 Å². The number of benzene rings is 2. The van der Waals surface area contributed by atoms with Crippen LogP contribution in [0, 0.1) is 6.92 Å². The lowest BCUT2D eigenvalue weighted by Crippen LogP contribution is -2.09. The van der Waals surface area contributed by atoms with Crippen molar-refractivity contribution in [2.75, 3.05) is 6.26 Å². The second-order valence-corrected chi connectivity index (χ2v) is 7.08. The van der Waals surface area contributed by atoms with Gasteiger partial charge >= 0.3 is 11.9 Å². The number of aromatic carboxylic acids is 2. The second kappa shape index (κ2) is 5.85. The second-order valence-electron chi connectivity index (χ2n) is 5.07. The normalized spacial score (nSPS) is 11.2. The molecule has 2 N–H and O–H groups in total. The van der Waals surface area contributed by atoms with E-state index in [2.05, 4.69) is 0 Å². The quantitative estimate of drug-likeness (QED) is 0.889. The molecule has 0 amide bonds.